The molecule has 0 spiro atoms. The van der Waals surface area contributed by atoms with Crippen LogP contribution in [0.1, 0.15) is 51.4 Å². The Kier molecular flexibility index (Phi) is 1.40. The van der Waals surface area contributed by atoms with Gasteiger partial charge in [-0.2, -0.15) is 0 Å². The van der Waals surface area contributed by atoms with Crippen molar-refractivity contribution >= 4 is 0 Å². The molecule has 4 rings (SSSR count). The molecule has 0 N–H and O–H groups in total. The van der Waals surface area contributed by atoms with E-state index in [4.69, 9.17) is 0 Å². The highest BCUT2D eigenvalue weighted by Crippen LogP contribution is 2.59. The first-order valence-corrected chi connectivity index (χ1v) is 6.36. The predicted molar refractivity (Wildman–Crippen MR) is 58.0 cm³/mol. The van der Waals surface area contributed by atoms with Crippen LogP contribution in [0.4, 0.5) is 0 Å². The Morgan fingerprint density at radius 3 is 2.86 bits per heavy atom. The topological polar surface area (TPSA) is 0 Å². The second kappa shape index (κ2) is 2.53. The van der Waals surface area contributed by atoms with Gasteiger partial charge in [-0.3, -0.25) is 0 Å². The summed E-state index contributed by atoms with van der Waals surface area (Å²) in [6, 6.07) is 0. The first-order valence-electron chi connectivity index (χ1n) is 6.36. The van der Waals surface area contributed by atoms with Gasteiger partial charge >= 0.3 is 0 Å². The van der Waals surface area contributed by atoms with Crippen LogP contribution in [0.5, 0.6) is 0 Å². The van der Waals surface area contributed by atoms with Crippen molar-refractivity contribution in [2.45, 2.75) is 51.4 Å². The van der Waals surface area contributed by atoms with Crippen LogP contribution < -0.4 is 0 Å². The van der Waals surface area contributed by atoms with Gasteiger partial charge in [-0.1, -0.05) is 11.1 Å². The van der Waals surface area contributed by atoms with Crippen molar-refractivity contribution < 1.29 is 0 Å². The summed E-state index contributed by atoms with van der Waals surface area (Å²) in [5.74, 6) is 2.18. The summed E-state index contributed by atoms with van der Waals surface area (Å²) >= 11 is 0. The smallest absolute Gasteiger partial charge is 0.00937 e. The van der Waals surface area contributed by atoms with E-state index in [2.05, 4.69) is 0 Å². The third-order valence-electron chi connectivity index (χ3n) is 4.87. The van der Waals surface area contributed by atoms with E-state index in [1.165, 1.54) is 44.9 Å². The first kappa shape index (κ1) is 7.73. The van der Waals surface area contributed by atoms with Gasteiger partial charge in [0.1, 0.15) is 0 Å². The van der Waals surface area contributed by atoms with Crippen molar-refractivity contribution in [3.8, 4) is 0 Å². The van der Waals surface area contributed by atoms with Crippen LogP contribution in [0.2, 0.25) is 0 Å². The maximum Gasteiger partial charge on any atom is -0.00937 e. The molecule has 4 aliphatic rings. The van der Waals surface area contributed by atoms with Crippen molar-refractivity contribution in [1.29, 1.82) is 0 Å². The maximum atomic E-state index is 1.91. The van der Waals surface area contributed by atoms with Crippen LogP contribution in [0.25, 0.3) is 0 Å². The molecule has 0 amide bonds. The average molecular weight is 186 g/mol. The lowest BCUT2D eigenvalue weighted by Gasteiger charge is -2.18. The summed E-state index contributed by atoms with van der Waals surface area (Å²) in [5.41, 5.74) is 7.47. The second-order valence-electron chi connectivity index (χ2n) is 5.61. The minimum atomic E-state index is 1.06. The molecule has 0 aromatic carbocycles. The van der Waals surface area contributed by atoms with Crippen molar-refractivity contribution in [1.82, 2.24) is 0 Å². The van der Waals surface area contributed by atoms with Gasteiger partial charge < -0.3 is 0 Å². The summed E-state index contributed by atoms with van der Waals surface area (Å²) in [4.78, 5) is 0. The van der Waals surface area contributed by atoms with Gasteiger partial charge in [0.15, 0.2) is 0 Å². The van der Waals surface area contributed by atoms with Gasteiger partial charge in [0.25, 0.3) is 0 Å². The monoisotopic (exact) mass is 186 g/mol. The molecule has 0 aliphatic heterocycles. The van der Waals surface area contributed by atoms with Gasteiger partial charge in [0.2, 0.25) is 0 Å². The largest absolute Gasteiger partial charge is 0.0627 e. The van der Waals surface area contributed by atoms with Crippen LogP contribution >= 0.6 is 0 Å². The number of hydrogen-bond donors (Lipinski definition) is 0. The van der Waals surface area contributed by atoms with Crippen molar-refractivity contribution in [3.05, 3.63) is 22.3 Å². The first-order chi connectivity index (χ1) is 6.93. The van der Waals surface area contributed by atoms with Gasteiger partial charge in [0, 0.05) is 0 Å². The normalized spacial score (nSPS) is 39.4. The third kappa shape index (κ3) is 0.898. The molecule has 2 atom stereocenters. The molecule has 0 nitrogen and oxygen atoms in total. The fraction of sp³-hybridized carbons (Fsp3) is 0.714. The third-order valence-corrected chi connectivity index (χ3v) is 4.87. The molecule has 4 aliphatic carbocycles. The molecule has 1 fully saturated rings. The van der Waals surface area contributed by atoms with Crippen LogP contribution in [-0.4, -0.2) is 0 Å². The minimum absolute atomic E-state index is 1.06. The van der Waals surface area contributed by atoms with Crippen molar-refractivity contribution in [2.75, 3.05) is 0 Å². The van der Waals surface area contributed by atoms with Crippen molar-refractivity contribution in [2.24, 2.45) is 11.8 Å². The molecule has 0 heteroatoms. The predicted octanol–water partition coefficient (Wildman–Crippen LogP) is 3.99. The molecule has 0 radical (unpaired) electrons. The number of rotatable bonds is 0. The fourth-order valence-corrected chi connectivity index (χ4v) is 4.05. The summed E-state index contributed by atoms with van der Waals surface area (Å²) < 4.78 is 0. The van der Waals surface area contributed by atoms with Gasteiger partial charge in [-0.05, 0) is 74.3 Å². The van der Waals surface area contributed by atoms with E-state index in [0.717, 1.165) is 11.8 Å². The van der Waals surface area contributed by atoms with Gasteiger partial charge in [0.05, 0.1) is 0 Å². The fourth-order valence-electron chi connectivity index (χ4n) is 4.05. The molecule has 2 unspecified atom stereocenters. The number of hydrogen-bond acceptors (Lipinski definition) is 0. The van der Waals surface area contributed by atoms with Crippen LogP contribution in [0, 0.1) is 11.8 Å². The van der Waals surface area contributed by atoms with Crippen LogP contribution in [0.3, 0.4) is 0 Å². The molecule has 0 bridgehead atoms. The zero-order chi connectivity index (χ0) is 9.12. The van der Waals surface area contributed by atoms with E-state index in [9.17, 15) is 0 Å². The van der Waals surface area contributed by atoms with E-state index in [1.807, 2.05) is 22.3 Å². The van der Waals surface area contributed by atoms with E-state index >= 15 is 0 Å². The Bertz CT molecular complexity index is 356. The summed E-state index contributed by atoms with van der Waals surface area (Å²) in [6.45, 7) is 0. The lowest BCUT2D eigenvalue weighted by molar-refractivity contribution is 0.635. The highest BCUT2D eigenvalue weighted by Gasteiger charge is 2.46. The summed E-state index contributed by atoms with van der Waals surface area (Å²) in [5, 5.41) is 0. The molecule has 0 saturated heterocycles. The van der Waals surface area contributed by atoms with Gasteiger partial charge in [-0.15, -0.1) is 0 Å². The van der Waals surface area contributed by atoms with E-state index in [-0.39, 0.29) is 0 Å². The Balaban J connectivity index is 1.76. The standard InChI is InChI=1S/C14H18/c1-2-4-11-9(3-1)8-14-12(11)6-5-10-7-13(10)14/h10,13H,1-8H2. The SMILES string of the molecule is C1CCC2=C(C1)CC1=C2CCC2CC12. The lowest BCUT2D eigenvalue weighted by atomic mass is 9.87. The summed E-state index contributed by atoms with van der Waals surface area (Å²) in [7, 11) is 0. The highest BCUT2D eigenvalue weighted by atomic mass is 14.5. The molecule has 0 aromatic rings. The van der Waals surface area contributed by atoms with Gasteiger partial charge in [-0.25, -0.2) is 0 Å². The molecule has 14 heavy (non-hydrogen) atoms. The lowest BCUT2D eigenvalue weighted by Crippen LogP contribution is -2.01. The summed E-state index contributed by atoms with van der Waals surface area (Å²) in [6.07, 6.45) is 11.7. The number of allylic oxidation sites excluding steroid dienone is 4. The highest BCUT2D eigenvalue weighted by molar-refractivity contribution is 5.51. The molecule has 0 heterocycles. The second-order valence-corrected chi connectivity index (χ2v) is 5.61. The zero-order valence-electron chi connectivity index (χ0n) is 8.81. The quantitative estimate of drug-likeness (QED) is 0.536. The Morgan fingerprint density at radius 1 is 0.929 bits per heavy atom. The molecule has 0 aromatic heterocycles. The number of fused-ring (bicyclic) bond motifs is 3. The molecule has 1 saturated carbocycles. The molecular weight excluding hydrogens is 168 g/mol. The Labute approximate surface area is 86.1 Å². The maximum absolute atomic E-state index is 1.91. The van der Waals surface area contributed by atoms with E-state index in [1.54, 1.807) is 6.42 Å². The minimum Gasteiger partial charge on any atom is -0.0627 e. The zero-order valence-corrected chi connectivity index (χ0v) is 8.81. The van der Waals surface area contributed by atoms with E-state index < -0.39 is 0 Å². The van der Waals surface area contributed by atoms with E-state index in [0.29, 0.717) is 0 Å². The van der Waals surface area contributed by atoms with Crippen LogP contribution in [0.15, 0.2) is 22.3 Å². The molecule has 74 valence electrons. The Morgan fingerprint density at radius 2 is 1.86 bits per heavy atom. The average Bonchev–Trinajstić information content (AvgIpc) is 2.92. The molecular formula is C14H18. The Hall–Kier alpha value is -0.520. The van der Waals surface area contributed by atoms with Crippen molar-refractivity contribution in [3.63, 3.8) is 0 Å². The van der Waals surface area contributed by atoms with Crippen LogP contribution in [-0.2, 0) is 0 Å².